The predicted octanol–water partition coefficient (Wildman–Crippen LogP) is 3.37. The first-order valence-corrected chi connectivity index (χ1v) is 6.67. The second-order valence-electron chi connectivity index (χ2n) is 3.78. The Labute approximate surface area is 97.0 Å². The molecule has 1 heterocycles. The number of thioether (sulfide) groups is 1. The Hall–Kier alpha value is 0.01000. The molecule has 0 spiro atoms. The van der Waals surface area contributed by atoms with Crippen molar-refractivity contribution in [3.8, 4) is 0 Å². The summed E-state index contributed by atoms with van der Waals surface area (Å²) in [6.45, 7) is 2.10. The SMILES string of the molecule is CC1CSCc2ccc(Br)cc2C1O. The van der Waals surface area contributed by atoms with E-state index in [4.69, 9.17) is 0 Å². The molecule has 14 heavy (non-hydrogen) atoms. The Morgan fingerprint density at radius 2 is 2.29 bits per heavy atom. The lowest BCUT2D eigenvalue weighted by atomic mass is 9.96. The molecule has 0 radical (unpaired) electrons. The third kappa shape index (κ3) is 2.00. The molecule has 0 bridgehead atoms. The number of benzene rings is 1. The van der Waals surface area contributed by atoms with Gasteiger partial charge >= 0.3 is 0 Å². The molecule has 0 aliphatic carbocycles. The van der Waals surface area contributed by atoms with Crippen LogP contribution >= 0.6 is 27.7 Å². The Bertz CT molecular complexity index is 340. The van der Waals surface area contributed by atoms with Crippen molar-refractivity contribution in [2.45, 2.75) is 18.8 Å². The molecule has 0 aromatic heterocycles. The summed E-state index contributed by atoms with van der Waals surface area (Å²) < 4.78 is 1.05. The van der Waals surface area contributed by atoms with Crippen LogP contribution in [0.1, 0.15) is 24.2 Å². The number of rotatable bonds is 0. The number of halogens is 1. The van der Waals surface area contributed by atoms with E-state index in [2.05, 4.69) is 28.9 Å². The number of fused-ring (bicyclic) bond motifs is 1. The second-order valence-corrected chi connectivity index (χ2v) is 5.73. The van der Waals surface area contributed by atoms with E-state index in [9.17, 15) is 5.11 Å². The van der Waals surface area contributed by atoms with Gasteiger partial charge in [-0.3, -0.25) is 0 Å². The fourth-order valence-corrected chi connectivity index (χ4v) is 3.26. The van der Waals surface area contributed by atoms with Gasteiger partial charge in [0.2, 0.25) is 0 Å². The Balaban J connectivity index is 2.44. The number of aliphatic hydroxyl groups is 1. The highest BCUT2D eigenvalue weighted by molar-refractivity contribution is 9.10. The molecule has 0 saturated heterocycles. The molecule has 1 aliphatic heterocycles. The maximum atomic E-state index is 10.1. The highest BCUT2D eigenvalue weighted by Crippen LogP contribution is 2.35. The molecular weight excluding hydrogens is 260 g/mol. The van der Waals surface area contributed by atoms with Gasteiger partial charge in [0.1, 0.15) is 0 Å². The fourth-order valence-electron chi connectivity index (χ4n) is 1.73. The summed E-state index contributed by atoms with van der Waals surface area (Å²) >= 11 is 5.35. The van der Waals surface area contributed by atoms with Gasteiger partial charge in [-0.1, -0.05) is 28.9 Å². The average Bonchev–Trinajstić information content (AvgIpc) is 2.30. The van der Waals surface area contributed by atoms with E-state index < -0.39 is 0 Å². The van der Waals surface area contributed by atoms with E-state index >= 15 is 0 Å². The summed E-state index contributed by atoms with van der Waals surface area (Å²) in [4.78, 5) is 0. The Morgan fingerprint density at radius 1 is 1.50 bits per heavy atom. The second kappa shape index (κ2) is 4.25. The van der Waals surface area contributed by atoms with Crippen molar-refractivity contribution in [1.29, 1.82) is 0 Å². The van der Waals surface area contributed by atoms with Crippen molar-refractivity contribution in [2.75, 3.05) is 5.75 Å². The van der Waals surface area contributed by atoms with Crippen LogP contribution in [0.15, 0.2) is 22.7 Å². The van der Waals surface area contributed by atoms with Gasteiger partial charge < -0.3 is 5.11 Å². The molecule has 0 amide bonds. The highest BCUT2D eigenvalue weighted by atomic mass is 79.9. The molecule has 2 rings (SSSR count). The zero-order chi connectivity index (χ0) is 10.1. The normalized spacial score (nSPS) is 26.8. The average molecular weight is 273 g/mol. The largest absolute Gasteiger partial charge is 0.388 e. The maximum absolute atomic E-state index is 10.1. The molecule has 1 aromatic carbocycles. The molecule has 2 unspecified atom stereocenters. The van der Waals surface area contributed by atoms with Crippen molar-refractivity contribution < 1.29 is 5.11 Å². The minimum atomic E-state index is -0.308. The summed E-state index contributed by atoms with van der Waals surface area (Å²) in [7, 11) is 0. The van der Waals surface area contributed by atoms with Crippen molar-refractivity contribution in [1.82, 2.24) is 0 Å². The molecule has 1 nitrogen and oxygen atoms in total. The van der Waals surface area contributed by atoms with Crippen LogP contribution in [0.25, 0.3) is 0 Å². The quantitative estimate of drug-likeness (QED) is 0.782. The summed E-state index contributed by atoms with van der Waals surface area (Å²) in [5.41, 5.74) is 2.37. The molecular formula is C11H13BrOS. The first-order chi connectivity index (χ1) is 6.68. The molecule has 1 aromatic rings. The smallest absolute Gasteiger partial charge is 0.0826 e. The number of aliphatic hydroxyl groups excluding tert-OH is 1. The molecule has 2 atom stereocenters. The molecule has 1 aliphatic rings. The van der Waals surface area contributed by atoms with E-state index in [1.165, 1.54) is 5.56 Å². The van der Waals surface area contributed by atoms with Crippen LogP contribution in [0.5, 0.6) is 0 Å². The lowest BCUT2D eigenvalue weighted by Crippen LogP contribution is -2.10. The van der Waals surface area contributed by atoms with Crippen LogP contribution in [0.3, 0.4) is 0 Å². The van der Waals surface area contributed by atoms with Gasteiger partial charge in [-0.25, -0.2) is 0 Å². The standard InChI is InChI=1S/C11H13BrOS/c1-7-5-14-6-8-2-3-9(12)4-10(8)11(7)13/h2-4,7,11,13H,5-6H2,1H3. The Kier molecular flexibility index (Phi) is 3.20. The van der Waals surface area contributed by atoms with E-state index in [1.807, 2.05) is 23.9 Å². The summed E-state index contributed by atoms with van der Waals surface area (Å²) in [5, 5.41) is 10.1. The highest BCUT2D eigenvalue weighted by Gasteiger charge is 2.22. The molecule has 0 fully saturated rings. The zero-order valence-electron chi connectivity index (χ0n) is 8.03. The van der Waals surface area contributed by atoms with Crippen molar-refractivity contribution in [3.05, 3.63) is 33.8 Å². The first-order valence-electron chi connectivity index (χ1n) is 4.72. The monoisotopic (exact) mass is 272 g/mol. The summed E-state index contributed by atoms with van der Waals surface area (Å²) in [5.74, 6) is 2.40. The van der Waals surface area contributed by atoms with Gasteiger partial charge in [-0.15, -0.1) is 0 Å². The molecule has 0 saturated carbocycles. The van der Waals surface area contributed by atoms with Crippen molar-refractivity contribution >= 4 is 27.7 Å². The first kappa shape index (κ1) is 10.5. The maximum Gasteiger partial charge on any atom is 0.0826 e. The molecule has 1 N–H and O–H groups in total. The van der Waals surface area contributed by atoms with E-state index in [0.29, 0.717) is 5.92 Å². The molecule has 3 heteroatoms. The minimum Gasteiger partial charge on any atom is -0.388 e. The van der Waals surface area contributed by atoms with Crippen LogP contribution in [0.2, 0.25) is 0 Å². The number of hydrogen-bond acceptors (Lipinski definition) is 2. The lowest BCUT2D eigenvalue weighted by Gasteiger charge is -2.17. The lowest BCUT2D eigenvalue weighted by molar-refractivity contribution is 0.129. The minimum absolute atomic E-state index is 0.308. The predicted molar refractivity (Wildman–Crippen MR) is 64.4 cm³/mol. The van der Waals surface area contributed by atoms with E-state index in [-0.39, 0.29) is 6.10 Å². The molecule has 76 valence electrons. The summed E-state index contributed by atoms with van der Waals surface area (Å²) in [6.07, 6.45) is -0.308. The Morgan fingerprint density at radius 3 is 3.07 bits per heavy atom. The van der Waals surface area contributed by atoms with Gasteiger partial charge in [-0.05, 0) is 34.9 Å². The van der Waals surface area contributed by atoms with Gasteiger partial charge in [-0.2, -0.15) is 11.8 Å². The fraction of sp³-hybridized carbons (Fsp3) is 0.455. The van der Waals surface area contributed by atoms with Crippen LogP contribution in [-0.4, -0.2) is 10.9 Å². The van der Waals surface area contributed by atoms with Crippen LogP contribution in [-0.2, 0) is 5.75 Å². The number of hydrogen-bond donors (Lipinski definition) is 1. The van der Waals surface area contributed by atoms with Gasteiger partial charge in [0, 0.05) is 10.2 Å². The third-order valence-corrected chi connectivity index (χ3v) is 4.37. The van der Waals surface area contributed by atoms with Crippen LogP contribution < -0.4 is 0 Å². The summed E-state index contributed by atoms with van der Waals surface area (Å²) in [6, 6.07) is 6.19. The van der Waals surface area contributed by atoms with Crippen LogP contribution in [0.4, 0.5) is 0 Å². The van der Waals surface area contributed by atoms with Gasteiger partial charge in [0.05, 0.1) is 6.10 Å². The third-order valence-electron chi connectivity index (χ3n) is 2.60. The van der Waals surface area contributed by atoms with Gasteiger partial charge in [0.25, 0.3) is 0 Å². The van der Waals surface area contributed by atoms with E-state index in [0.717, 1.165) is 21.5 Å². The van der Waals surface area contributed by atoms with Crippen LogP contribution in [0, 0.1) is 5.92 Å². The zero-order valence-corrected chi connectivity index (χ0v) is 10.4. The van der Waals surface area contributed by atoms with Crippen molar-refractivity contribution in [3.63, 3.8) is 0 Å². The van der Waals surface area contributed by atoms with E-state index in [1.54, 1.807) is 0 Å². The van der Waals surface area contributed by atoms with Crippen molar-refractivity contribution in [2.24, 2.45) is 5.92 Å². The topological polar surface area (TPSA) is 20.2 Å². The van der Waals surface area contributed by atoms with Gasteiger partial charge in [0.15, 0.2) is 0 Å².